The Morgan fingerprint density at radius 3 is 2.58 bits per heavy atom. The molecule has 0 aliphatic carbocycles. The van der Waals surface area contributed by atoms with Crippen LogP contribution in [0.1, 0.15) is 12.0 Å². The third-order valence-electron chi connectivity index (χ3n) is 4.19. The lowest BCUT2D eigenvalue weighted by molar-refractivity contribution is -0.126. The van der Waals surface area contributed by atoms with E-state index in [1.54, 1.807) is 18.2 Å². The summed E-state index contributed by atoms with van der Waals surface area (Å²) in [7, 11) is 0. The fourth-order valence-electron chi connectivity index (χ4n) is 2.91. The summed E-state index contributed by atoms with van der Waals surface area (Å²) in [5, 5.41) is 2.87. The van der Waals surface area contributed by atoms with Gasteiger partial charge in [-0.05, 0) is 24.1 Å². The first-order chi connectivity index (χ1) is 11.6. The Hall–Kier alpha value is -2.69. The van der Waals surface area contributed by atoms with Crippen LogP contribution < -0.4 is 10.2 Å². The molecular weight excluding hydrogens is 307 g/mol. The number of amides is 2. The highest BCUT2D eigenvalue weighted by molar-refractivity contribution is 6.00. The molecule has 124 valence electrons. The molecule has 2 aromatic carbocycles. The van der Waals surface area contributed by atoms with Crippen molar-refractivity contribution < 1.29 is 14.0 Å². The van der Waals surface area contributed by atoms with E-state index in [9.17, 15) is 14.0 Å². The Bertz CT molecular complexity index is 733. The zero-order valence-corrected chi connectivity index (χ0v) is 13.2. The van der Waals surface area contributed by atoms with Crippen LogP contribution in [0, 0.1) is 11.7 Å². The van der Waals surface area contributed by atoms with Crippen molar-refractivity contribution in [3.05, 3.63) is 66.0 Å². The van der Waals surface area contributed by atoms with Crippen LogP contribution in [-0.4, -0.2) is 24.9 Å². The van der Waals surface area contributed by atoms with Gasteiger partial charge < -0.3 is 10.2 Å². The van der Waals surface area contributed by atoms with Crippen LogP contribution >= 0.6 is 0 Å². The van der Waals surface area contributed by atoms with Crippen molar-refractivity contribution >= 4 is 17.5 Å². The van der Waals surface area contributed by atoms with Crippen molar-refractivity contribution in [3.8, 4) is 0 Å². The number of hydrogen-bond acceptors (Lipinski definition) is 2. The molecule has 1 aliphatic heterocycles. The lowest BCUT2D eigenvalue weighted by Crippen LogP contribution is -2.34. The highest BCUT2D eigenvalue weighted by Crippen LogP contribution is 2.27. The van der Waals surface area contributed by atoms with E-state index in [-0.39, 0.29) is 30.5 Å². The highest BCUT2D eigenvalue weighted by atomic mass is 19.1. The molecule has 0 aromatic heterocycles. The van der Waals surface area contributed by atoms with E-state index in [0.29, 0.717) is 6.54 Å². The second kappa shape index (κ2) is 7.25. The maximum absolute atomic E-state index is 13.8. The standard InChI is InChI=1S/C19H19FN2O2/c20-16-8-4-5-9-17(16)22-13-15(12-18(22)23)19(24)21-11-10-14-6-2-1-3-7-14/h1-9,15H,10-13H2,(H,21,24). The summed E-state index contributed by atoms with van der Waals surface area (Å²) in [5.41, 5.74) is 1.38. The van der Waals surface area contributed by atoms with E-state index < -0.39 is 11.7 Å². The van der Waals surface area contributed by atoms with Gasteiger partial charge in [-0.15, -0.1) is 0 Å². The molecule has 2 aromatic rings. The molecule has 1 saturated heterocycles. The van der Waals surface area contributed by atoms with Crippen LogP contribution in [0.4, 0.5) is 10.1 Å². The molecule has 0 saturated carbocycles. The van der Waals surface area contributed by atoms with Gasteiger partial charge in [0.15, 0.2) is 0 Å². The van der Waals surface area contributed by atoms with E-state index in [1.165, 1.54) is 11.0 Å². The number of para-hydroxylation sites is 1. The molecule has 1 atom stereocenters. The molecule has 1 fully saturated rings. The van der Waals surface area contributed by atoms with Crippen molar-refractivity contribution in [2.75, 3.05) is 18.0 Å². The van der Waals surface area contributed by atoms with Gasteiger partial charge in [0.2, 0.25) is 11.8 Å². The average molecular weight is 326 g/mol. The summed E-state index contributed by atoms with van der Waals surface area (Å²) >= 11 is 0. The van der Waals surface area contributed by atoms with E-state index in [2.05, 4.69) is 5.32 Å². The first kappa shape index (κ1) is 16.2. The van der Waals surface area contributed by atoms with Gasteiger partial charge in [-0.3, -0.25) is 9.59 Å². The van der Waals surface area contributed by atoms with Crippen LogP contribution in [0.15, 0.2) is 54.6 Å². The SMILES string of the molecule is O=C(NCCc1ccccc1)C1CC(=O)N(c2ccccc2F)C1. The number of halogens is 1. The Morgan fingerprint density at radius 1 is 1.12 bits per heavy atom. The first-order valence-electron chi connectivity index (χ1n) is 8.01. The van der Waals surface area contributed by atoms with E-state index in [4.69, 9.17) is 0 Å². The molecule has 24 heavy (non-hydrogen) atoms. The fraction of sp³-hybridized carbons (Fsp3) is 0.263. The van der Waals surface area contributed by atoms with Crippen molar-refractivity contribution in [1.29, 1.82) is 0 Å². The molecule has 3 rings (SSSR count). The Balaban J connectivity index is 1.55. The summed E-state index contributed by atoms with van der Waals surface area (Å²) in [4.78, 5) is 25.7. The zero-order chi connectivity index (χ0) is 16.9. The largest absolute Gasteiger partial charge is 0.355 e. The molecule has 1 aliphatic rings. The minimum Gasteiger partial charge on any atom is -0.355 e. The van der Waals surface area contributed by atoms with Gasteiger partial charge in [0.1, 0.15) is 5.82 Å². The summed E-state index contributed by atoms with van der Waals surface area (Å²) < 4.78 is 13.8. The number of carbonyl (C=O) groups excluding carboxylic acids is 2. The molecular formula is C19H19FN2O2. The molecule has 0 spiro atoms. The van der Waals surface area contributed by atoms with Crippen molar-refractivity contribution in [2.45, 2.75) is 12.8 Å². The predicted molar refractivity (Wildman–Crippen MR) is 90.0 cm³/mol. The van der Waals surface area contributed by atoms with Crippen LogP contribution in [-0.2, 0) is 16.0 Å². The monoisotopic (exact) mass is 326 g/mol. The molecule has 1 unspecified atom stereocenters. The van der Waals surface area contributed by atoms with Gasteiger partial charge in [-0.1, -0.05) is 42.5 Å². The normalized spacial score (nSPS) is 17.1. The molecule has 1 N–H and O–H groups in total. The average Bonchev–Trinajstić information content (AvgIpc) is 2.98. The minimum absolute atomic E-state index is 0.117. The Labute approximate surface area is 140 Å². The lowest BCUT2D eigenvalue weighted by Gasteiger charge is -2.17. The number of carbonyl (C=O) groups is 2. The molecule has 1 heterocycles. The molecule has 0 radical (unpaired) electrons. The molecule has 0 bridgehead atoms. The Kier molecular flexibility index (Phi) is 4.89. The number of nitrogens with one attached hydrogen (secondary N) is 1. The molecule has 4 nitrogen and oxygen atoms in total. The maximum Gasteiger partial charge on any atom is 0.227 e. The van der Waals surface area contributed by atoms with Crippen molar-refractivity contribution in [1.82, 2.24) is 5.32 Å². The maximum atomic E-state index is 13.8. The van der Waals surface area contributed by atoms with Crippen LogP contribution in [0.5, 0.6) is 0 Å². The Morgan fingerprint density at radius 2 is 1.83 bits per heavy atom. The third-order valence-corrected chi connectivity index (χ3v) is 4.19. The second-order valence-electron chi connectivity index (χ2n) is 5.88. The molecule has 2 amide bonds. The fourth-order valence-corrected chi connectivity index (χ4v) is 2.91. The third kappa shape index (κ3) is 3.62. The summed E-state index contributed by atoms with van der Waals surface area (Å²) in [6.07, 6.45) is 0.857. The quantitative estimate of drug-likeness (QED) is 0.918. The number of benzene rings is 2. The van der Waals surface area contributed by atoms with E-state index in [1.807, 2.05) is 30.3 Å². The van der Waals surface area contributed by atoms with Gasteiger partial charge in [0.05, 0.1) is 11.6 Å². The second-order valence-corrected chi connectivity index (χ2v) is 5.88. The zero-order valence-electron chi connectivity index (χ0n) is 13.2. The number of nitrogens with zero attached hydrogens (tertiary/aromatic N) is 1. The predicted octanol–water partition coefficient (Wildman–Crippen LogP) is 2.54. The summed E-state index contributed by atoms with van der Waals surface area (Å²) in [6, 6.07) is 16.0. The number of hydrogen-bond donors (Lipinski definition) is 1. The summed E-state index contributed by atoms with van der Waals surface area (Å²) in [5.74, 6) is -1.26. The van der Waals surface area contributed by atoms with Crippen LogP contribution in [0.25, 0.3) is 0 Å². The van der Waals surface area contributed by atoms with Gasteiger partial charge in [0, 0.05) is 19.5 Å². The van der Waals surface area contributed by atoms with Crippen molar-refractivity contribution in [3.63, 3.8) is 0 Å². The van der Waals surface area contributed by atoms with E-state index >= 15 is 0 Å². The minimum atomic E-state index is -0.448. The smallest absolute Gasteiger partial charge is 0.227 e. The summed E-state index contributed by atoms with van der Waals surface area (Å²) in [6.45, 7) is 0.740. The number of rotatable bonds is 5. The number of anilines is 1. The van der Waals surface area contributed by atoms with Crippen LogP contribution in [0.3, 0.4) is 0 Å². The topological polar surface area (TPSA) is 49.4 Å². The van der Waals surface area contributed by atoms with Gasteiger partial charge >= 0.3 is 0 Å². The van der Waals surface area contributed by atoms with Crippen LogP contribution in [0.2, 0.25) is 0 Å². The van der Waals surface area contributed by atoms with Gasteiger partial charge in [0.25, 0.3) is 0 Å². The lowest BCUT2D eigenvalue weighted by atomic mass is 10.1. The van der Waals surface area contributed by atoms with Gasteiger partial charge in [-0.2, -0.15) is 0 Å². The van der Waals surface area contributed by atoms with E-state index in [0.717, 1.165) is 12.0 Å². The van der Waals surface area contributed by atoms with Crippen molar-refractivity contribution in [2.24, 2.45) is 5.92 Å². The van der Waals surface area contributed by atoms with Gasteiger partial charge in [-0.25, -0.2) is 4.39 Å². The first-order valence-corrected chi connectivity index (χ1v) is 8.01. The molecule has 5 heteroatoms. The highest BCUT2D eigenvalue weighted by Gasteiger charge is 2.35.